The number of rotatable bonds is 13. The van der Waals surface area contributed by atoms with Gasteiger partial charge >= 0.3 is 0 Å². The Kier molecular flexibility index (Phi) is 10.4. The van der Waals surface area contributed by atoms with Crippen molar-refractivity contribution in [3.8, 4) is 0 Å². The molecule has 0 aliphatic rings. The van der Waals surface area contributed by atoms with Crippen LogP contribution in [0.1, 0.15) is 33.3 Å². The first-order valence-electron chi connectivity index (χ1n) is 12.8. The minimum Gasteiger partial charge on any atom is -0.400 e. The molecule has 0 amide bonds. The molecule has 2 atom stereocenters. The van der Waals surface area contributed by atoms with E-state index < -0.39 is 8.32 Å². The number of hydrogen-bond acceptors (Lipinski definition) is 3. The number of allylic oxidation sites excluding steroid dienone is 1. The molecular weight excluding hydrogens is 458 g/mol. The summed E-state index contributed by atoms with van der Waals surface area (Å²) < 4.78 is 13.3. The van der Waals surface area contributed by atoms with Gasteiger partial charge in [0.25, 0.3) is 8.32 Å². The second kappa shape index (κ2) is 13.5. The van der Waals surface area contributed by atoms with Crippen LogP contribution in [-0.2, 0) is 15.8 Å². The highest BCUT2D eigenvalue weighted by Gasteiger charge is 2.51. The summed E-state index contributed by atoms with van der Waals surface area (Å²) in [7, 11) is -2.65. The van der Waals surface area contributed by atoms with Gasteiger partial charge in [-0.1, -0.05) is 130 Å². The van der Waals surface area contributed by atoms with Crippen LogP contribution in [0.4, 0.5) is 0 Å². The van der Waals surface area contributed by atoms with Gasteiger partial charge in [0.15, 0.2) is 0 Å². The van der Waals surface area contributed by atoms with Crippen LogP contribution < -0.4 is 15.7 Å². The summed E-state index contributed by atoms with van der Waals surface area (Å²) in [6.07, 6.45) is 6.06. The lowest BCUT2D eigenvalue weighted by atomic mass is 10.2. The molecule has 0 saturated carbocycles. The minimum atomic E-state index is -2.65. The molecular formula is C32H41NO2Si. The Morgan fingerprint density at radius 2 is 1.39 bits per heavy atom. The Labute approximate surface area is 219 Å². The third kappa shape index (κ3) is 7.14. The van der Waals surface area contributed by atoms with E-state index in [0.717, 1.165) is 0 Å². The van der Waals surface area contributed by atoms with Gasteiger partial charge in [-0.25, -0.2) is 0 Å². The molecule has 4 heteroatoms. The minimum absolute atomic E-state index is 0.0317. The molecule has 0 aliphatic carbocycles. The second-order valence-electron chi connectivity index (χ2n) is 10.1. The largest absolute Gasteiger partial charge is 0.400 e. The van der Waals surface area contributed by atoms with E-state index in [-0.39, 0.29) is 17.2 Å². The van der Waals surface area contributed by atoms with Crippen molar-refractivity contribution >= 4 is 18.7 Å². The predicted molar refractivity (Wildman–Crippen MR) is 155 cm³/mol. The predicted octanol–water partition coefficient (Wildman–Crippen LogP) is 5.87. The van der Waals surface area contributed by atoms with Crippen LogP contribution in [-0.4, -0.2) is 33.6 Å². The Morgan fingerprint density at radius 1 is 0.861 bits per heavy atom. The summed E-state index contributed by atoms with van der Waals surface area (Å²) in [5.74, 6) is 0. The standard InChI is InChI=1S/C32H41NO2Si/c1-6-17-29(24-33-28(7-2)26-34-25-27-18-11-8-12-19-27)35-36(32(3,4)5,30-20-13-9-14-21-30)31-22-15-10-16-23-31/h6-23,28-29,33H,2,24-26H2,1,3-5H3/b17-6-/t28-,29+/m0/s1. The highest BCUT2D eigenvalue weighted by Crippen LogP contribution is 2.37. The van der Waals surface area contributed by atoms with Crippen LogP contribution in [0.25, 0.3) is 0 Å². The van der Waals surface area contributed by atoms with Crippen LogP contribution in [0.3, 0.4) is 0 Å². The average molecular weight is 500 g/mol. The molecule has 1 N–H and O–H groups in total. The maximum Gasteiger partial charge on any atom is 0.261 e. The number of benzene rings is 3. The van der Waals surface area contributed by atoms with E-state index in [0.29, 0.717) is 19.8 Å². The molecule has 0 fully saturated rings. The topological polar surface area (TPSA) is 30.5 Å². The van der Waals surface area contributed by atoms with Gasteiger partial charge in [-0.3, -0.25) is 0 Å². The van der Waals surface area contributed by atoms with Gasteiger partial charge in [-0.15, -0.1) is 6.58 Å². The molecule has 0 unspecified atom stereocenters. The molecule has 0 heterocycles. The van der Waals surface area contributed by atoms with Crippen molar-refractivity contribution in [1.82, 2.24) is 5.32 Å². The Balaban J connectivity index is 1.81. The summed E-state index contributed by atoms with van der Waals surface area (Å²) in [5.41, 5.74) is 1.17. The van der Waals surface area contributed by atoms with Gasteiger partial charge in [0, 0.05) is 12.6 Å². The van der Waals surface area contributed by atoms with Crippen LogP contribution in [0.5, 0.6) is 0 Å². The fourth-order valence-electron chi connectivity index (χ4n) is 4.64. The summed E-state index contributed by atoms with van der Waals surface area (Å²) in [5, 5.41) is 6.11. The zero-order valence-electron chi connectivity index (χ0n) is 22.2. The van der Waals surface area contributed by atoms with E-state index in [4.69, 9.17) is 9.16 Å². The summed E-state index contributed by atoms with van der Waals surface area (Å²) in [6, 6.07) is 31.8. The number of nitrogens with one attached hydrogen (secondary N) is 1. The molecule has 0 spiro atoms. The van der Waals surface area contributed by atoms with E-state index in [1.165, 1.54) is 15.9 Å². The van der Waals surface area contributed by atoms with Crippen molar-refractivity contribution in [2.24, 2.45) is 0 Å². The monoisotopic (exact) mass is 499 g/mol. The first-order valence-corrected chi connectivity index (χ1v) is 14.7. The Morgan fingerprint density at radius 3 is 1.86 bits per heavy atom. The lowest BCUT2D eigenvalue weighted by Gasteiger charge is -2.45. The Hall–Kier alpha value is -2.76. The molecule has 190 valence electrons. The van der Waals surface area contributed by atoms with Crippen molar-refractivity contribution in [2.45, 2.75) is 51.5 Å². The zero-order valence-corrected chi connectivity index (χ0v) is 23.2. The fraction of sp³-hybridized carbons (Fsp3) is 0.312. The average Bonchev–Trinajstić information content (AvgIpc) is 2.90. The molecule has 3 rings (SSSR count). The molecule has 0 saturated heterocycles. The quantitative estimate of drug-likeness (QED) is 0.236. The number of ether oxygens (including phenoxy) is 1. The van der Waals surface area contributed by atoms with Gasteiger partial charge in [-0.05, 0) is 27.9 Å². The van der Waals surface area contributed by atoms with E-state index in [9.17, 15) is 0 Å². The van der Waals surface area contributed by atoms with Crippen LogP contribution >= 0.6 is 0 Å². The molecule has 0 bridgehead atoms. The van der Waals surface area contributed by atoms with Gasteiger partial charge in [0.2, 0.25) is 0 Å². The van der Waals surface area contributed by atoms with E-state index in [1.807, 2.05) is 24.3 Å². The number of hydrogen-bond donors (Lipinski definition) is 1. The van der Waals surface area contributed by atoms with E-state index >= 15 is 0 Å². The zero-order chi connectivity index (χ0) is 25.9. The molecule has 3 nitrogen and oxygen atoms in total. The summed E-state index contributed by atoms with van der Waals surface area (Å²) in [4.78, 5) is 0. The van der Waals surface area contributed by atoms with Crippen molar-refractivity contribution in [3.63, 3.8) is 0 Å². The lowest BCUT2D eigenvalue weighted by Crippen LogP contribution is -2.68. The first kappa shape index (κ1) is 27.8. The fourth-order valence-corrected chi connectivity index (χ4v) is 9.27. The lowest BCUT2D eigenvalue weighted by molar-refractivity contribution is 0.106. The molecule has 0 aromatic heterocycles. The van der Waals surface area contributed by atoms with Crippen molar-refractivity contribution in [1.29, 1.82) is 0 Å². The SMILES string of the molecule is C=C[C@@H](COCc1ccccc1)NC[C@@H](/C=C\C)O[Si](c1ccccc1)(c1ccccc1)C(C)(C)C. The van der Waals surface area contributed by atoms with Crippen molar-refractivity contribution < 1.29 is 9.16 Å². The van der Waals surface area contributed by atoms with Crippen molar-refractivity contribution in [2.75, 3.05) is 13.2 Å². The second-order valence-corrected chi connectivity index (χ2v) is 14.3. The summed E-state index contributed by atoms with van der Waals surface area (Å²) in [6.45, 7) is 14.8. The smallest absolute Gasteiger partial charge is 0.261 e. The third-order valence-corrected chi connectivity index (χ3v) is 11.5. The first-order chi connectivity index (χ1) is 17.4. The highest BCUT2D eigenvalue weighted by atomic mass is 28.4. The van der Waals surface area contributed by atoms with Gasteiger partial charge < -0.3 is 14.5 Å². The van der Waals surface area contributed by atoms with Gasteiger partial charge in [0.1, 0.15) is 0 Å². The third-order valence-electron chi connectivity index (χ3n) is 6.43. The highest BCUT2D eigenvalue weighted by molar-refractivity contribution is 6.99. The normalized spacial score (nSPS) is 14.0. The van der Waals surface area contributed by atoms with E-state index in [1.54, 1.807) is 0 Å². The maximum absolute atomic E-state index is 7.30. The molecule has 3 aromatic rings. The maximum atomic E-state index is 7.30. The van der Waals surface area contributed by atoms with Crippen molar-refractivity contribution in [3.05, 3.63) is 121 Å². The Bertz CT molecular complexity index is 1020. The van der Waals surface area contributed by atoms with Crippen LogP contribution in [0, 0.1) is 0 Å². The van der Waals surface area contributed by atoms with Gasteiger partial charge in [-0.2, -0.15) is 0 Å². The van der Waals surface area contributed by atoms with E-state index in [2.05, 4.69) is 125 Å². The van der Waals surface area contributed by atoms with Crippen LogP contribution in [0.15, 0.2) is 116 Å². The molecule has 0 radical (unpaired) electrons. The molecule has 3 aromatic carbocycles. The summed E-state index contributed by atoms with van der Waals surface area (Å²) >= 11 is 0. The molecule has 0 aliphatic heterocycles. The van der Waals surface area contributed by atoms with Crippen LogP contribution in [0.2, 0.25) is 5.04 Å². The molecule has 36 heavy (non-hydrogen) atoms. The van der Waals surface area contributed by atoms with Gasteiger partial charge in [0.05, 0.1) is 19.3 Å².